The van der Waals surface area contributed by atoms with Crippen molar-refractivity contribution in [1.29, 1.82) is 0 Å². The standard InChI is InChI=1S/C21H17FN2O4/c1-2-27-21(26)16-5-3-4-15(12-16)19-11-10-18(28-19)13-23-24-20(25)14-6-8-17(22)9-7-14/h3-13H,2H2,1H3,(H,24,25)/b23-13-. The number of carbonyl (C=O) groups excluding carboxylic acids is 2. The second-order valence-corrected chi connectivity index (χ2v) is 5.71. The van der Waals surface area contributed by atoms with E-state index in [1.807, 2.05) is 0 Å². The third kappa shape index (κ3) is 4.70. The van der Waals surface area contributed by atoms with Crippen LogP contribution in [0.5, 0.6) is 0 Å². The van der Waals surface area contributed by atoms with E-state index in [-0.39, 0.29) is 5.56 Å². The third-order valence-corrected chi connectivity index (χ3v) is 3.75. The molecule has 0 bridgehead atoms. The second kappa shape index (κ2) is 8.77. The van der Waals surface area contributed by atoms with E-state index in [2.05, 4.69) is 10.5 Å². The summed E-state index contributed by atoms with van der Waals surface area (Å²) < 4.78 is 23.5. The number of amides is 1. The minimum Gasteiger partial charge on any atom is -0.462 e. The zero-order valence-corrected chi connectivity index (χ0v) is 15.0. The van der Waals surface area contributed by atoms with Crippen LogP contribution in [0.1, 0.15) is 33.4 Å². The number of hydrogen-bond acceptors (Lipinski definition) is 5. The predicted octanol–water partition coefficient (Wildman–Crippen LogP) is 4.03. The first-order valence-corrected chi connectivity index (χ1v) is 8.53. The largest absolute Gasteiger partial charge is 0.462 e. The quantitative estimate of drug-likeness (QED) is 0.398. The van der Waals surface area contributed by atoms with E-state index < -0.39 is 17.7 Å². The zero-order chi connectivity index (χ0) is 19.9. The Morgan fingerprint density at radius 3 is 2.64 bits per heavy atom. The molecular formula is C21H17FN2O4. The Balaban J connectivity index is 1.66. The second-order valence-electron chi connectivity index (χ2n) is 5.71. The first kappa shape index (κ1) is 19.0. The molecular weight excluding hydrogens is 363 g/mol. The summed E-state index contributed by atoms with van der Waals surface area (Å²) in [5, 5.41) is 3.83. The fourth-order valence-electron chi connectivity index (χ4n) is 2.41. The molecule has 3 rings (SSSR count). The summed E-state index contributed by atoms with van der Waals surface area (Å²) in [5.41, 5.74) is 3.76. The molecule has 3 aromatic rings. The lowest BCUT2D eigenvalue weighted by Crippen LogP contribution is -2.17. The van der Waals surface area contributed by atoms with E-state index in [1.165, 1.54) is 30.5 Å². The lowest BCUT2D eigenvalue weighted by atomic mass is 10.1. The van der Waals surface area contributed by atoms with Crippen molar-refractivity contribution in [2.45, 2.75) is 6.92 Å². The number of benzene rings is 2. The number of furan rings is 1. The topological polar surface area (TPSA) is 80.9 Å². The molecule has 1 aromatic heterocycles. The fourth-order valence-corrected chi connectivity index (χ4v) is 2.41. The number of rotatable bonds is 6. The van der Waals surface area contributed by atoms with Crippen LogP contribution >= 0.6 is 0 Å². The fraction of sp³-hybridized carbons (Fsp3) is 0.0952. The van der Waals surface area contributed by atoms with Crippen molar-refractivity contribution in [2.75, 3.05) is 6.61 Å². The van der Waals surface area contributed by atoms with Crippen molar-refractivity contribution in [3.8, 4) is 11.3 Å². The van der Waals surface area contributed by atoms with Crippen LogP contribution in [0, 0.1) is 5.82 Å². The van der Waals surface area contributed by atoms with E-state index in [1.54, 1.807) is 43.3 Å². The maximum atomic E-state index is 12.9. The molecule has 0 radical (unpaired) electrons. The number of esters is 1. The van der Waals surface area contributed by atoms with Gasteiger partial charge < -0.3 is 9.15 Å². The van der Waals surface area contributed by atoms with Crippen molar-refractivity contribution >= 4 is 18.1 Å². The highest BCUT2D eigenvalue weighted by atomic mass is 19.1. The van der Waals surface area contributed by atoms with Crippen LogP contribution in [0.2, 0.25) is 0 Å². The SMILES string of the molecule is CCOC(=O)c1cccc(-c2ccc(/C=N\NC(=O)c3ccc(F)cc3)o2)c1. The lowest BCUT2D eigenvalue weighted by Gasteiger charge is -2.03. The summed E-state index contributed by atoms with van der Waals surface area (Å²) in [6.45, 7) is 2.04. The van der Waals surface area contributed by atoms with Crippen LogP contribution in [0.15, 0.2) is 70.2 Å². The Labute approximate surface area is 160 Å². The molecule has 142 valence electrons. The Kier molecular flexibility index (Phi) is 5.96. The summed E-state index contributed by atoms with van der Waals surface area (Å²) in [7, 11) is 0. The molecule has 0 aliphatic carbocycles. The summed E-state index contributed by atoms with van der Waals surface area (Å²) in [6.07, 6.45) is 1.35. The molecule has 0 spiro atoms. The average Bonchev–Trinajstić information content (AvgIpc) is 3.18. The van der Waals surface area contributed by atoms with Crippen LogP contribution < -0.4 is 5.43 Å². The van der Waals surface area contributed by atoms with Crippen molar-refractivity contribution in [1.82, 2.24) is 5.43 Å². The normalized spacial score (nSPS) is 10.8. The number of halogens is 1. The highest BCUT2D eigenvalue weighted by Crippen LogP contribution is 2.23. The van der Waals surface area contributed by atoms with Gasteiger partial charge in [0.2, 0.25) is 0 Å². The van der Waals surface area contributed by atoms with Gasteiger partial charge in [-0.2, -0.15) is 5.10 Å². The highest BCUT2D eigenvalue weighted by Gasteiger charge is 2.10. The maximum Gasteiger partial charge on any atom is 0.338 e. The molecule has 1 amide bonds. The van der Waals surface area contributed by atoms with Gasteiger partial charge in [-0.05, 0) is 55.5 Å². The third-order valence-electron chi connectivity index (χ3n) is 3.75. The molecule has 7 heteroatoms. The smallest absolute Gasteiger partial charge is 0.338 e. The van der Waals surface area contributed by atoms with Crippen LogP contribution in [0.25, 0.3) is 11.3 Å². The molecule has 0 saturated heterocycles. The van der Waals surface area contributed by atoms with E-state index in [0.717, 1.165) is 0 Å². The molecule has 6 nitrogen and oxygen atoms in total. The monoisotopic (exact) mass is 380 g/mol. The minimum absolute atomic E-state index is 0.287. The van der Waals surface area contributed by atoms with E-state index >= 15 is 0 Å². The Hall–Kier alpha value is -3.74. The molecule has 0 aliphatic rings. The number of hydrazone groups is 1. The van der Waals surface area contributed by atoms with Crippen molar-refractivity contribution in [2.24, 2.45) is 5.10 Å². The molecule has 0 atom stereocenters. The van der Waals surface area contributed by atoms with E-state index in [9.17, 15) is 14.0 Å². The average molecular weight is 380 g/mol. The minimum atomic E-state index is -0.467. The van der Waals surface area contributed by atoms with Gasteiger partial charge in [0.1, 0.15) is 17.3 Å². The van der Waals surface area contributed by atoms with Gasteiger partial charge in [-0.15, -0.1) is 0 Å². The molecule has 0 saturated carbocycles. The van der Waals surface area contributed by atoms with E-state index in [4.69, 9.17) is 9.15 Å². The number of nitrogens with one attached hydrogen (secondary N) is 1. The Morgan fingerprint density at radius 2 is 1.89 bits per heavy atom. The first-order chi connectivity index (χ1) is 13.6. The molecule has 0 unspecified atom stereocenters. The molecule has 0 aliphatic heterocycles. The summed E-state index contributed by atoms with van der Waals surface area (Å²) >= 11 is 0. The van der Waals surface area contributed by atoms with Crippen LogP contribution in [-0.2, 0) is 4.74 Å². The zero-order valence-electron chi connectivity index (χ0n) is 15.0. The summed E-state index contributed by atoms with van der Waals surface area (Å²) in [6, 6.07) is 15.4. The molecule has 1 N–H and O–H groups in total. The summed E-state index contributed by atoms with van der Waals surface area (Å²) in [4.78, 5) is 23.7. The van der Waals surface area contributed by atoms with Gasteiger partial charge in [-0.25, -0.2) is 14.6 Å². The van der Waals surface area contributed by atoms with Crippen LogP contribution in [0.3, 0.4) is 0 Å². The molecule has 2 aromatic carbocycles. The van der Waals surface area contributed by atoms with Crippen molar-refractivity contribution in [3.05, 3.63) is 83.4 Å². The number of ether oxygens (including phenoxy) is 1. The number of carbonyl (C=O) groups is 2. The summed E-state index contributed by atoms with van der Waals surface area (Å²) in [5.74, 6) is -0.338. The first-order valence-electron chi connectivity index (χ1n) is 8.53. The molecule has 0 fully saturated rings. The van der Waals surface area contributed by atoms with Gasteiger partial charge in [0.05, 0.1) is 18.4 Å². The predicted molar refractivity (Wildman–Crippen MR) is 102 cm³/mol. The molecule has 28 heavy (non-hydrogen) atoms. The van der Waals surface area contributed by atoms with E-state index in [0.29, 0.717) is 29.3 Å². The van der Waals surface area contributed by atoms with Crippen molar-refractivity contribution in [3.63, 3.8) is 0 Å². The van der Waals surface area contributed by atoms with Gasteiger partial charge in [0.25, 0.3) is 5.91 Å². The van der Waals surface area contributed by atoms with Crippen LogP contribution in [-0.4, -0.2) is 24.7 Å². The van der Waals surface area contributed by atoms with Crippen molar-refractivity contribution < 1.29 is 23.1 Å². The highest BCUT2D eigenvalue weighted by molar-refractivity contribution is 5.94. The lowest BCUT2D eigenvalue weighted by molar-refractivity contribution is 0.0526. The van der Waals surface area contributed by atoms with Gasteiger partial charge in [0.15, 0.2) is 0 Å². The van der Waals surface area contributed by atoms with Gasteiger partial charge in [0, 0.05) is 11.1 Å². The van der Waals surface area contributed by atoms with Gasteiger partial charge >= 0.3 is 5.97 Å². The van der Waals surface area contributed by atoms with Crippen LogP contribution in [0.4, 0.5) is 4.39 Å². The number of hydrogen-bond donors (Lipinski definition) is 1. The molecule has 1 heterocycles. The Morgan fingerprint density at radius 1 is 1.11 bits per heavy atom. The number of nitrogens with zero attached hydrogens (tertiary/aromatic N) is 1. The Bertz CT molecular complexity index is 1010. The van der Waals surface area contributed by atoms with Gasteiger partial charge in [-0.1, -0.05) is 12.1 Å². The maximum absolute atomic E-state index is 12.9. The van der Waals surface area contributed by atoms with Gasteiger partial charge in [-0.3, -0.25) is 4.79 Å².